The Morgan fingerprint density at radius 2 is 1.97 bits per heavy atom. The molecule has 3 N–H and O–H groups in total. The van der Waals surface area contributed by atoms with Crippen LogP contribution in [0.1, 0.15) is 72.1 Å². The number of aliphatic hydroxyl groups is 3. The lowest BCUT2D eigenvalue weighted by atomic mass is 9.61. The molecule has 1 saturated heterocycles. The number of β-amino-alcohol motifs (C(OH)–C–C–N with tert-alkyl or cyclic N) is 1. The standard InChI is InChI=1S/C27H43NO3/c1-18(16-28-13-12-26(3,31)17-28)23-9-10-24-20(6-5-11-27(23,24)4)7-8-21-14-22(29)15-25(30)19(21)2/h7-8,18,22-25,29-31H,2,5-6,9-17H2,1,3-4H3/b20-7+,21-8-/t18?,22-,23-,24+,25+,26+,27-/m1/s1. The Bertz CT molecular complexity index is 754. The molecule has 4 heteroatoms. The Kier molecular flexibility index (Phi) is 6.58. The lowest BCUT2D eigenvalue weighted by molar-refractivity contribution is 0.0549. The second kappa shape index (κ2) is 8.78. The molecule has 0 amide bonds. The van der Waals surface area contributed by atoms with Crippen molar-refractivity contribution in [2.75, 3.05) is 19.6 Å². The summed E-state index contributed by atoms with van der Waals surface area (Å²) in [7, 11) is 0. The van der Waals surface area contributed by atoms with Crippen LogP contribution in [0.15, 0.2) is 35.5 Å². The molecular formula is C27H43NO3. The number of hydrogen-bond acceptors (Lipinski definition) is 4. The molecule has 3 saturated carbocycles. The number of allylic oxidation sites excluding steroid dienone is 3. The van der Waals surface area contributed by atoms with Crippen LogP contribution in [-0.2, 0) is 0 Å². The van der Waals surface area contributed by atoms with Gasteiger partial charge in [0.1, 0.15) is 0 Å². The van der Waals surface area contributed by atoms with Gasteiger partial charge in [-0.15, -0.1) is 0 Å². The average molecular weight is 430 g/mol. The van der Waals surface area contributed by atoms with Gasteiger partial charge in [0.2, 0.25) is 0 Å². The largest absolute Gasteiger partial charge is 0.393 e. The number of likely N-dealkylation sites (tertiary alicyclic amines) is 1. The molecule has 3 aliphatic carbocycles. The van der Waals surface area contributed by atoms with Crippen molar-refractivity contribution in [1.29, 1.82) is 0 Å². The van der Waals surface area contributed by atoms with Gasteiger partial charge in [-0.2, -0.15) is 0 Å². The van der Waals surface area contributed by atoms with E-state index in [2.05, 4.69) is 37.5 Å². The molecule has 7 atom stereocenters. The Hall–Kier alpha value is -0.940. The first-order valence-corrected chi connectivity index (χ1v) is 12.5. The minimum absolute atomic E-state index is 0.354. The van der Waals surface area contributed by atoms with Crippen LogP contribution in [0, 0.1) is 23.2 Å². The van der Waals surface area contributed by atoms with Crippen LogP contribution in [-0.4, -0.2) is 57.7 Å². The SMILES string of the molecule is C=C1/C(=C\C=C2/CCC[C@]3(C)[C@@H](C(C)CN4CC[C@](C)(O)C4)CC[C@@H]23)C[C@@H](O)C[C@@H]1O. The van der Waals surface area contributed by atoms with Crippen LogP contribution >= 0.6 is 0 Å². The molecule has 0 aromatic rings. The van der Waals surface area contributed by atoms with E-state index in [0.717, 1.165) is 49.5 Å². The van der Waals surface area contributed by atoms with E-state index < -0.39 is 17.8 Å². The van der Waals surface area contributed by atoms with Crippen molar-refractivity contribution in [3.8, 4) is 0 Å². The zero-order valence-electron chi connectivity index (χ0n) is 19.8. The summed E-state index contributed by atoms with van der Waals surface area (Å²) >= 11 is 0. The summed E-state index contributed by atoms with van der Waals surface area (Å²) in [4.78, 5) is 2.47. The smallest absolute Gasteiger partial charge is 0.0811 e. The first kappa shape index (κ1) is 23.2. The highest BCUT2D eigenvalue weighted by Gasteiger charge is 2.51. The maximum atomic E-state index is 10.3. The van der Waals surface area contributed by atoms with Gasteiger partial charge in [-0.25, -0.2) is 0 Å². The predicted molar refractivity (Wildman–Crippen MR) is 126 cm³/mol. The van der Waals surface area contributed by atoms with Gasteiger partial charge < -0.3 is 20.2 Å². The van der Waals surface area contributed by atoms with Crippen molar-refractivity contribution < 1.29 is 15.3 Å². The van der Waals surface area contributed by atoms with Gasteiger partial charge in [0.15, 0.2) is 0 Å². The predicted octanol–water partition coefficient (Wildman–Crippen LogP) is 4.22. The summed E-state index contributed by atoms with van der Waals surface area (Å²) in [6, 6.07) is 0. The topological polar surface area (TPSA) is 63.9 Å². The number of nitrogens with zero attached hydrogens (tertiary/aromatic N) is 1. The summed E-state index contributed by atoms with van der Waals surface area (Å²) in [5.74, 6) is 2.01. The first-order chi connectivity index (χ1) is 14.6. The minimum Gasteiger partial charge on any atom is -0.393 e. The van der Waals surface area contributed by atoms with E-state index >= 15 is 0 Å². The number of hydrogen-bond donors (Lipinski definition) is 3. The maximum absolute atomic E-state index is 10.3. The highest BCUT2D eigenvalue weighted by Crippen LogP contribution is 2.59. The van der Waals surface area contributed by atoms with Crippen LogP contribution in [0.4, 0.5) is 0 Å². The van der Waals surface area contributed by atoms with Gasteiger partial charge in [-0.05, 0) is 86.2 Å². The number of aliphatic hydroxyl groups excluding tert-OH is 2. The third kappa shape index (κ3) is 4.73. The van der Waals surface area contributed by atoms with Crippen LogP contribution in [0.25, 0.3) is 0 Å². The van der Waals surface area contributed by atoms with Gasteiger partial charge in [0, 0.05) is 26.1 Å². The van der Waals surface area contributed by atoms with Gasteiger partial charge in [-0.1, -0.05) is 38.2 Å². The zero-order valence-corrected chi connectivity index (χ0v) is 19.8. The summed E-state index contributed by atoms with van der Waals surface area (Å²) in [6.07, 6.45) is 11.5. The monoisotopic (exact) mass is 429 g/mol. The molecule has 174 valence electrons. The lowest BCUT2D eigenvalue weighted by Crippen LogP contribution is -2.40. The third-order valence-corrected chi connectivity index (χ3v) is 9.07. The molecule has 0 aromatic carbocycles. The fraction of sp³-hybridized carbons (Fsp3) is 0.778. The lowest BCUT2D eigenvalue weighted by Gasteiger charge is -2.45. The Labute approximate surface area is 188 Å². The second-order valence-corrected chi connectivity index (χ2v) is 11.6. The van der Waals surface area contributed by atoms with E-state index in [1.165, 1.54) is 25.7 Å². The molecule has 1 unspecified atom stereocenters. The maximum Gasteiger partial charge on any atom is 0.0811 e. The number of fused-ring (bicyclic) bond motifs is 1. The average Bonchev–Trinajstić information content (AvgIpc) is 3.22. The Morgan fingerprint density at radius 3 is 2.68 bits per heavy atom. The molecule has 4 aliphatic rings. The fourth-order valence-corrected chi connectivity index (χ4v) is 7.41. The first-order valence-electron chi connectivity index (χ1n) is 12.5. The normalized spacial score (nSPS) is 45.4. The van der Waals surface area contributed by atoms with Gasteiger partial charge >= 0.3 is 0 Å². The highest BCUT2D eigenvalue weighted by atomic mass is 16.3. The van der Waals surface area contributed by atoms with Crippen molar-refractivity contribution in [1.82, 2.24) is 4.90 Å². The molecule has 1 heterocycles. The summed E-state index contributed by atoms with van der Waals surface area (Å²) in [6.45, 7) is 13.9. The van der Waals surface area contributed by atoms with Gasteiger partial charge in [-0.3, -0.25) is 0 Å². The second-order valence-electron chi connectivity index (χ2n) is 11.6. The molecule has 0 bridgehead atoms. The van der Waals surface area contributed by atoms with E-state index in [1.807, 2.05) is 6.92 Å². The Morgan fingerprint density at radius 1 is 1.19 bits per heavy atom. The van der Waals surface area contributed by atoms with E-state index in [0.29, 0.717) is 30.1 Å². The van der Waals surface area contributed by atoms with Crippen LogP contribution in [0.5, 0.6) is 0 Å². The molecular weight excluding hydrogens is 386 g/mol. The third-order valence-electron chi connectivity index (χ3n) is 9.07. The molecule has 4 rings (SSSR count). The van der Waals surface area contributed by atoms with Gasteiger partial charge in [0.05, 0.1) is 17.8 Å². The van der Waals surface area contributed by atoms with E-state index in [4.69, 9.17) is 0 Å². The molecule has 0 aromatic heterocycles. The molecule has 0 spiro atoms. The Balaban J connectivity index is 1.47. The zero-order chi connectivity index (χ0) is 22.4. The highest BCUT2D eigenvalue weighted by molar-refractivity contribution is 5.38. The van der Waals surface area contributed by atoms with Crippen LogP contribution < -0.4 is 0 Å². The number of rotatable bonds is 4. The molecule has 31 heavy (non-hydrogen) atoms. The van der Waals surface area contributed by atoms with E-state index in [1.54, 1.807) is 5.57 Å². The minimum atomic E-state index is -0.618. The van der Waals surface area contributed by atoms with Crippen LogP contribution in [0.2, 0.25) is 0 Å². The summed E-state index contributed by atoms with van der Waals surface area (Å²) < 4.78 is 0. The van der Waals surface area contributed by atoms with E-state index in [-0.39, 0.29) is 0 Å². The molecule has 0 radical (unpaired) electrons. The molecule has 4 nitrogen and oxygen atoms in total. The van der Waals surface area contributed by atoms with Crippen molar-refractivity contribution in [2.24, 2.45) is 23.2 Å². The molecule has 1 aliphatic heterocycles. The molecule has 4 fully saturated rings. The summed E-state index contributed by atoms with van der Waals surface area (Å²) in [5, 5.41) is 30.6. The van der Waals surface area contributed by atoms with Gasteiger partial charge in [0.25, 0.3) is 0 Å². The van der Waals surface area contributed by atoms with Crippen molar-refractivity contribution in [3.63, 3.8) is 0 Å². The van der Waals surface area contributed by atoms with Crippen molar-refractivity contribution in [3.05, 3.63) is 35.5 Å². The quantitative estimate of drug-likeness (QED) is 0.626. The summed E-state index contributed by atoms with van der Waals surface area (Å²) in [5.41, 5.74) is 3.19. The van der Waals surface area contributed by atoms with Crippen molar-refractivity contribution >= 4 is 0 Å². The fourth-order valence-electron chi connectivity index (χ4n) is 7.41. The van der Waals surface area contributed by atoms with Crippen molar-refractivity contribution in [2.45, 2.75) is 89.9 Å². The van der Waals surface area contributed by atoms with Crippen LogP contribution in [0.3, 0.4) is 0 Å². The van der Waals surface area contributed by atoms with E-state index in [9.17, 15) is 15.3 Å².